The molecule has 0 radical (unpaired) electrons. The third-order valence-corrected chi connectivity index (χ3v) is 12.2. The van der Waals surface area contributed by atoms with Gasteiger partial charge in [-0.1, -0.05) is 33.6 Å². The van der Waals surface area contributed by atoms with Crippen LogP contribution in [0.5, 0.6) is 0 Å². The summed E-state index contributed by atoms with van der Waals surface area (Å²) in [6, 6.07) is 14.4. The minimum atomic E-state index is -3.83. The summed E-state index contributed by atoms with van der Waals surface area (Å²) in [5.41, 5.74) is 4.16. The number of hydrogen-bond acceptors (Lipinski definition) is 5. The van der Waals surface area contributed by atoms with Gasteiger partial charge in [0.15, 0.2) is 0 Å². The Balaban J connectivity index is 1.13. The van der Waals surface area contributed by atoms with Crippen LogP contribution in [0.3, 0.4) is 0 Å². The molecule has 2 saturated heterocycles. The predicted octanol–water partition coefficient (Wildman–Crippen LogP) is 6.33. The zero-order valence-corrected chi connectivity index (χ0v) is 26.3. The summed E-state index contributed by atoms with van der Waals surface area (Å²) in [4.78, 5) is 22.3. The van der Waals surface area contributed by atoms with Crippen molar-refractivity contribution in [2.75, 3.05) is 38.1 Å². The maximum Gasteiger partial charge on any atom is 0.253 e. The molecule has 216 valence electrons. The molecule has 0 bridgehead atoms. The third-order valence-electron chi connectivity index (χ3n) is 9.39. The maximum absolute atomic E-state index is 13.6. The molecular formula is C31H34BrClN4O3S. The van der Waals surface area contributed by atoms with Crippen molar-refractivity contribution < 1.29 is 13.2 Å². The van der Waals surface area contributed by atoms with Crippen molar-refractivity contribution in [3.8, 4) is 0 Å². The molecule has 6 rings (SSSR count). The van der Waals surface area contributed by atoms with Gasteiger partial charge in [0.2, 0.25) is 10.0 Å². The first-order valence-electron chi connectivity index (χ1n) is 14.2. The highest BCUT2D eigenvalue weighted by Crippen LogP contribution is 2.43. The van der Waals surface area contributed by atoms with Gasteiger partial charge >= 0.3 is 0 Å². The monoisotopic (exact) mass is 656 g/mol. The molecule has 3 aromatic rings. The van der Waals surface area contributed by atoms with Gasteiger partial charge in [0.05, 0.1) is 11.1 Å². The summed E-state index contributed by atoms with van der Waals surface area (Å²) in [5.74, 6) is 0.0315. The highest BCUT2D eigenvalue weighted by molar-refractivity contribution is 9.10. The first-order valence-corrected chi connectivity index (χ1v) is 16.8. The van der Waals surface area contributed by atoms with E-state index in [0.29, 0.717) is 17.4 Å². The van der Waals surface area contributed by atoms with E-state index in [1.165, 1.54) is 16.1 Å². The van der Waals surface area contributed by atoms with Crippen LogP contribution < -0.4 is 4.90 Å². The second kappa shape index (κ2) is 11.3. The molecule has 10 heteroatoms. The molecule has 0 N–H and O–H groups in total. The van der Waals surface area contributed by atoms with E-state index in [9.17, 15) is 13.2 Å². The number of benzene rings is 2. The van der Waals surface area contributed by atoms with Gasteiger partial charge in [-0.3, -0.25) is 9.78 Å². The van der Waals surface area contributed by atoms with Gasteiger partial charge < -0.3 is 9.80 Å². The van der Waals surface area contributed by atoms with E-state index < -0.39 is 10.0 Å². The SMILES string of the molecule is CN(C1CCc2ccc(C(=O)N3CCC4(CC3)CCN(c3ccncc3)CC4)cc21)S(=O)(=O)c1ccc(Br)cc1Cl. The van der Waals surface area contributed by atoms with Crippen LogP contribution in [0.25, 0.3) is 0 Å². The van der Waals surface area contributed by atoms with Crippen LogP contribution in [0.2, 0.25) is 5.02 Å². The number of rotatable bonds is 5. The molecule has 0 saturated carbocycles. The van der Waals surface area contributed by atoms with E-state index in [4.69, 9.17) is 11.6 Å². The van der Waals surface area contributed by atoms with Crippen LogP contribution in [-0.2, 0) is 16.4 Å². The number of nitrogens with zero attached hydrogens (tertiary/aromatic N) is 4. The zero-order valence-electron chi connectivity index (χ0n) is 23.1. The number of aryl methyl sites for hydroxylation is 1. The number of fused-ring (bicyclic) bond motifs is 1. The molecule has 3 aliphatic rings. The fourth-order valence-corrected chi connectivity index (χ4v) is 9.13. The van der Waals surface area contributed by atoms with E-state index in [-0.39, 0.29) is 21.9 Å². The van der Waals surface area contributed by atoms with Crippen molar-refractivity contribution in [2.45, 2.75) is 49.5 Å². The number of anilines is 1. The van der Waals surface area contributed by atoms with Crippen LogP contribution in [0.1, 0.15) is 59.6 Å². The molecule has 1 aromatic heterocycles. The Morgan fingerprint density at radius 1 is 1.00 bits per heavy atom. The summed E-state index contributed by atoms with van der Waals surface area (Å²) in [5, 5.41) is 0.180. The Morgan fingerprint density at radius 3 is 2.37 bits per heavy atom. The van der Waals surface area contributed by atoms with Crippen LogP contribution in [0.4, 0.5) is 5.69 Å². The molecular weight excluding hydrogens is 624 g/mol. The number of halogens is 2. The fourth-order valence-electron chi connectivity index (χ4n) is 6.76. The third kappa shape index (κ3) is 5.54. The molecule has 1 aliphatic carbocycles. The molecule has 1 atom stereocenters. The lowest BCUT2D eigenvalue weighted by Crippen LogP contribution is -2.48. The van der Waals surface area contributed by atoms with Gasteiger partial charge in [0, 0.05) is 61.3 Å². The average Bonchev–Trinajstić information content (AvgIpc) is 3.41. The van der Waals surface area contributed by atoms with E-state index in [1.807, 2.05) is 35.5 Å². The number of piperidine rings is 2. The number of hydrogen-bond donors (Lipinski definition) is 0. The molecule has 1 amide bonds. The Morgan fingerprint density at radius 2 is 1.68 bits per heavy atom. The van der Waals surface area contributed by atoms with Crippen molar-refractivity contribution in [1.82, 2.24) is 14.2 Å². The minimum Gasteiger partial charge on any atom is -0.371 e. The van der Waals surface area contributed by atoms with Gasteiger partial charge in [-0.05, 0) is 97.5 Å². The second-order valence-electron chi connectivity index (χ2n) is 11.5. The lowest BCUT2D eigenvalue weighted by molar-refractivity contribution is 0.0515. The van der Waals surface area contributed by atoms with Crippen molar-refractivity contribution >= 4 is 49.1 Å². The van der Waals surface area contributed by atoms with Crippen molar-refractivity contribution in [2.24, 2.45) is 5.41 Å². The molecule has 41 heavy (non-hydrogen) atoms. The number of pyridine rings is 1. The average molecular weight is 658 g/mol. The first kappa shape index (κ1) is 28.6. The number of amides is 1. The van der Waals surface area contributed by atoms with Gasteiger partial charge in [0.1, 0.15) is 4.90 Å². The summed E-state index contributed by atoms with van der Waals surface area (Å²) in [6.45, 7) is 3.58. The molecule has 1 spiro atoms. The Labute approximate surface area is 255 Å². The molecule has 2 aromatic carbocycles. The van der Waals surface area contributed by atoms with Crippen molar-refractivity contribution in [3.05, 3.63) is 87.1 Å². The van der Waals surface area contributed by atoms with E-state index in [1.54, 1.807) is 19.2 Å². The van der Waals surface area contributed by atoms with Crippen LogP contribution >= 0.6 is 27.5 Å². The minimum absolute atomic E-state index is 0.0315. The fraction of sp³-hybridized carbons (Fsp3) is 0.419. The van der Waals surface area contributed by atoms with E-state index >= 15 is 0 Å². The van der Waals surface area contributed by atoms with Gasteiger partial charge in [-0.15, -0.1) is 0 Å². The van der Waals surface area contributed by atoms with Crippen LogP contribution in [0.15, 0.2) is 70.3 Å². The van der Waals surface area contributed by atoms with Crippen molar-refractivity contribution in [1.29, 1.82) is 0 Å². The predicted molar refractivity (Wildman–Crippen MR) is 165 cm³/mol. The standard InChI is InChI=1S/C31H34BrClN4O3S/c1-35(41(39,40)29-7-5-24(32)21-27(29)33)28-6-4-22-2-3-23(20-26(22)28)30(38)37-18-12-31(13-19-37)10-16-36(17-11-31)25-8-14-34-15-9-25/h2-3,5,7-9,14-15,20-21,28H,4,6,10-13,16-19H2,1H3. The molecule has 2 aliphatic heterocycles. The number of carbonyl (C=O) groups excluding carboxylic acids is 1. The lowest BCUT2D eigenvalue weighted by Gasteiger charge is -2.47. The Kier molecular flexibility index (Phi) is 7.91. The lowest BCUT2D eigenvalue weighted by atomic mass is 9.71. The van der Waals surface area contributed by atoms with E-state index in [0.717, 1.165) is 73.9 Å². The maximum atomic E-state index is 13.6. The number of likely N-dealkylation sites (tertiary alicyclic amines) is 1. The number of sulfonamides is 1. The molecule has 2 fully saturated rings. The highest BCUT2D eigenvalue weighted by Gasteiger charge is 2.39. The van der Waals surface area contributed by atoms with Crippen molar-refractivity contribution in [3.63, 3.8) is 0 Å². The van der Waals surface area contributed by atoms with Crippen LogP contribution in [0, 0.1) is 5.41 Å². The second-order valence-corrected chi connectivity index (χ2v) is 14.8. The topological polar surface area (TPSA) is 73.8 Å². The Hall–Kier alpha value is -2.46. The van der Waals surface area contributed by atoms with Gasteiger partial charge in [0.25, 0.3) is 5.91 Å². The molecule has 3 heterocycles. The molecule has 7 nitrogen and oxygen atoms in total. The number of carbonyl (C=O) groups is 1. The highest BCUT2D eigenvalue weighted by atomic mass is 79.9. The first-order chi connectivity index (χ1) is 19.7. The van der Waals surface area contributed by atoms with Crippen LogP contribution in [-0.4, -0.2) is 61.7 Å². The van der Waals surface area contributed by atoms with E-state index in [2.05, 4.69) is 37.9 Å². The Bertz CT molecular complexity index is 1550. The molecule has 1 unspecified atom stereocenters. The smallest absolute Gasteiger partial charge is 0.253 e. The normalized spacial score (nSPS) is 20.4. The van der Waals surface area contributed by atoms with Gasteiger partial charge in [-0.25, -0.2) is 8.42 Å². The zero-order chi connectivity index (χ0) is 28.8. The summed E-state index contributed by atoms with van der Waals surface area (Å²) in [7, 11) is -2.22. The summed E-state index contributed by atoms with van der Waals surface area (Å²) < 4.78 is 29.2. The number of aromatic nitrogens is 1. The summed E-state index contributed by atoms with van der Waals surface area (Å²) in [6.07, 6.45) is 9.45. The largest absolute Gasteiger partial charge is 0.371 e. The van der Waals surface area contributed by atoms with Gasteiger partial charge in [-0.2, -0.15) is 4.31 Å². The summed E-state index contributed by atoms with van der Waals surface area (Å²) >= 11 is 9.66. The quantitative estimate of drug-likeness (QED) is 0.321.